The second-order valence-electron chi connectivity index (χ2n) is 4.12. The maximum Gasteiger partial charge on any atom is 0.340 e. The van der Waals surface area contributed by atoms with Gasteiger partial charge in [-0.25, -0.2) is 4.79 Å². The van der Waals surface area contributed by atoms with Crippen LogP contribution in [0.1, 0.15) is 17.3 Å². The molecule has 0 spiro atoms. The average Bonchev–Trinajstić information content (AvgIpc) is 2.48. The number of carbonyl (C=O) groups excluding carboxylic acids is 1. The van der Waals surface area contributed by atoms with E-state index in [-0.39, 0.29) is 5.97 Å². The smallest absolute Gasteiger partial charge is 0.340 e. The molecule has 0 amide bonds. The van der Waals surface area contributed by atoms with Gasteiger partial charge in [-0.1, -0.05) is 18.2 Å². The Hall–Kier alpha value is -2.49. The van der Waals surface area contributed by atoms with Crippen LogP contribution in [0.25, 0.3) is 0 Å². The fourth-order valence-electron chi connectivity index (χ4n) is 1.84. The van der Waals surface area contributed by atoms with Gasteiger partial charge in [0.05, 0.1) is 25.0 Å². The van der Waals surface area contributed by atoms with E-state index in [0.717, 1.165) is 11.4 Å². The number of ether oxygens (including phenoxy) is 2. The lowest BCUT2D eigenvalue weighted by molar-refractivity contribution is 0.0527. The summed E-state index contributed by atoms with van der Waals surface area (Å²) in [7, 11) is 1.62. The van der Waals surface area contributed by atoms with Crippen LogP contribution < -0.4 is 10.1 Å². The van der Waals surface area contributed by atoms with Crippen molar-refractivity contribution in [3.63, 3.8) is 0 Å². The third-order valence-corrected chi connectivity index (χ3v) is 2.77. The number of anilines is 2. The highest BCUT2D eigenvalue weighted by Gasteiger charge is 2.11. The van der Waals surface area contributed by atoms with Gasteiger partial charge in [0.15, 0.2) is 0 Å². The molecule has 2 rings (SSSR count). The Morgan fingerprint density at radius 2 is 1.95 bits per heavy atom. The van der Waals surface area contributed by atoms with Gasteiger partial charge in [-0.15, -0.1) is 0 Å². The van der Waals surface area contributed by atoms with Crippen molar-refractivity contribution in [3.8, 4) is 5.75 Å². The molecular weight excluding hydrogens is 254 g/mol. The summed E-state index contributed by atoms with van der Waals surface area (Å²) in [5, 5.41) is 3.21. The summed E-state index contributed by atoms with van der Waals surface area (Å²) in [6.07, 6.45) is 0. The lowest BCUT2D eigenvalue weighted by Crippen LogP contribution is -2.07. The van der Waals surface area contributed by atoms with Crippen molar-refractivity contribution in [1.82, 2.24) is 0 Å². The molecule has 2 aromatic carbocycles. The van der Waals surface area contributed by atoms with Gasteiger partial charge in [0.1, 0.15) is 5.75 Å². The number of para-hydroxylation sites is 1. The van der Waals surface area contributed by atoms with Crippen LogP contribution in [0.2, 0.25) is 0 Å². The Bertz CT molecular complexity index is 596. The van der Waals surface area contributed by atoms with E-state index in [9.17, 15) is 4.79 Å². The predicted molar refractivity (Wildman–Crippen MR) is 78.7 cm³/mol. The summed E-state index contributed by atoms with van der Waals surface area (Å²) in [4.78, 5) is 11.9. The monoisotopic (exact) mass is 271 g/mol. The first-order chi connectivity index (χ1) is 9.74. The third kappa shape index (κ3) is 3.29. The van der Waals surface area contributed by atoms with Gasteiger partial charge < -0.3 is 14.8 Å². The highest BCUT2D eigenvalue weighted by molar-refractivity contribution is 5.96. The number of hydrogen-bond acceptors (Lipinski definition) is 4. The minimum atomic E-state index is -0.335. The zero-order valence-electron chi connectivity index (χ0n) is 11.6. The van der Waals surface area contributed by atoms with Gasteiger partial charge in [0.2, 0.25) is 0 Å². The highest BCUT2D eigenvalue weighted by atomic mass is 16.5. The summed E-state index contributed by atoms with van der Waals surface area (Å²) in [6, 6.07) is 14.8. The van der Waals surface area contributed by atoms with Crippen molar-refractivity contribution < 1.29 is 14.3 Å². The van der Waals surface area contributed by atoms with Crippen LogP contribution in [-0.4, -0.2) is 19.7 Å². The van der Waals surface area contributed by atoms with Gasteiger partial charge >= 0.3 is 5.97 Å². The van der Waals surface area contributed by atoms with Crippen LogP contribution in [0.15, 0.2) is 48.5 Å². The molecule has 0 aliphatic carbocycles. The van der Waals surface area contributed by atoms with Crippen molar-refractivity contribution in [2.45, 2.75) is 6.92 Å². The molecule has 0 bridgehead atoms. The van der Waals surface area contributed by atoms with Crippen molar-refractivity contribution in [3.05, 3.63) is 54.1 Å². The fourth-order valence-corrected chi connectivity index (χ4v) is 1.84. The molecule has 0 saturated heterocycles. The molecule has 104 valence electrons. The summed E-state index contributed by atoms with van der Waals surface area (Å²) < 4.78 is 10.2. The van der Waals surface area contributed by atoms with Crippen molar-refractivity contribution >= 4 is 17.3 Å². The molecule has 2 aromatic rings. The second-order valence-corrected chi connectivity index (χ2v) is 4.12. The Labute approximate surface area is 118 Å². The molecule has 4 heteroatoms. The van der Waals surface area contributed by atoms with Gasteiger partial charge in [0, 0.05) is 11.8 Å². The van der Waals surface area contributed by atoms with Crippen LogP contribution in [0.4, 0.5) is 11.4 Å². The maximum atomic E-state index is 11.9. The Kier molecular flexibility index (Phi) is 4.60. The molecule has 0 aliphatic heterocycles. The molecule has 0 saturated carbocycles. The molecule has 0 fully saturated rings. The van der Waals surface area contributed by atoms with Crippen molar-refractivity contribution in [2.24, 2.45) is 0 Å². The third-order valence-electron chi connectivity index (χ3n) is 2.77. The first-order valence-electron chi connectivity index (χ1n) is 6.42. The average molecular weight is 271 g/mol. The summed E-state index contributed by atoms with van der Waals surface area (Å²) in [5.41, 5.74) is 2.07. The lowest BCUT2D eigenvalue weighted by Gasteiger charge is -2.12. The molecule has 20 heavy (non-hydrogen) atoms. The van der Waals surface area contributed by atoms with Gasteiger partial charge in [-0.2, -0.15) is 0 Å². The minimum absolute atomic E-state index is 0.335. The summed E-state index contributed by atoms with van der Waals surface area (Å²) in [5.74, 6) is 0.419. The zero-order valence-corrected chi connectivity index (χ0v) is 11.6. The van der Waals surface area contributed by atoms with E-state index in [2.05, 4.69) is 5.32 Å². The van der Waals surface area contributed by atoms with E-state index in [0.29, 0.717) is 17.9 Å². The lowest BCUT2D eigenvalue weighted by atomic mass is 10.1. The Balaban J connectivity index is 2.26. The molecule has 0 aromatic heterocycles. The summed E-state index contributed by atoms with van der Waals surface area (Å²) in [6.45, 7) is 2.14. The maximum absolute atomic E-state index is 11.9. The number of esters is 1. The molecule has 0 radical (unpaired) electrons. The number of benzene rings is 2. The topological polar surface area (TPSA) is 47.6 Å². The molecule has 0 heterocycles. The Morgan fingerprint density at radius 3 is 2.70 bits per heavy atom. The van der Waals surface area contributed by atoms with Crippen LogP contribution in [0.3, 0.4) is 0 Å². The highest BCUT2D eigenvalue weighted by Crippen LogP contribution is 2.24. The SMILES string of the molecule is CCOC(=O)c1ccccc1Nc1cccc(OC)c1. The van der Waals surface area contributed by atoms with E-state index in [1.165, 1.54) is 0 Å². The van der Waals surface area contributed by atoms with Crippen molar-refractivity contribution in [1.29, 1.82) is 0 Å². The molecule has 0 aliphatic rings. The normalized spacial score (nSPS) is 9.90. The molecule has 1 N–H and O–H groups in total. The van der Waals surface area contributed by atoms with Crippen LogP contribution in [-0.2, 0) is 4.74 Å². The number of methoxy groups -OCH3 is 1. The zero-order chi connectivity index (χ0) is 14.4. The molecular formula is C16H17NO3. The van der Waals surface area contributed by atoms with E-state index in [1.807, 2.05) is 42.5 Å². The number of rotatable bonds is 5. The van der Waals surface area contributed by atoms with Gasteiger partial charge in [-0.05, 0) is 31.2 Å². The van der Waals surface area contributed by atoms with Crippen LogP contribution in [0.5, 0.6) is 5.75 Å². The number of carbonyl (C=O) groups is 1. The molecule has 4 nitrogen and oxygen atoms in total. The van der Waals surface area contributed by atoms with Gasteiger partial charge in [0.25, 0.3) is 0 Å². The fraction of sp³-hybridized carbons (Fsp3) is 0.188. The largest absolute Gasteiger partial charge is 0.497 e. The first-order valence-corrected chi connectivity index (χ1v) is 6.42. The number of nitrogens with one attached hydrogen (secondary N) is 1. The number of hydrogen-bond donors (Lipinski definition) is 1. The Morgan fingerprint density at radius 1 is 1.15 bits per heavy atom. The van der Waals surface area contributed by atoms with E-state index in [1.54, 1.807) is 20.1 Å². The second kappa shape index (κ2) is 6.61. The van der Waals surface area contributed by atoms with E-state index < -0.39 is 0 Å². The van der Waals surface area contributed by atoms with Crippen molar-refractivity contribution in [2.75, 3.05) is 19.0 Å². The first kappa shape index (κ1) is 13.9. The predicted octanol–water partition coefficient (Wildman–Crippen LogP) is 3.62. The quantitative estimate of drug-likeness (QED) is 0.844. The summed E-state index contributed by atoms with van der Waals surface area (Å²) >= 11 is 0. The molecule has 0 atom stereocenters. The van der Waals surface area contributed by atoms with E-state index in [4.69, 9.17) is 9.47 Å². The minimum Gasteiger partial charge on any atom is -0.497 e. The van der Waals surface area contributed by atoms with Crippen LogP contribution >= 0.6 is 0 Å². The molecule has 0 unspecified atom stereocenters. The van der Waals surface area contributed by atoms with Gasteiger partial charge in [-0.3, -0.25) is 0 Å². The standard InChI is InChI=1S/C16H17NO3/c1-3-20-16(18)14-9-4-5-10-15(14)17-12-7-6-8-13(11-12)19-2/h4-11,17H,3H2,1-2H3. The van der Waals surface area contributed by atoms with Crippen LogP contribution in [0, 0.1) is 0 Å². The van der Waals surface area contributed by atoms with E-state index >= 15 is 0 Å².